The largest absolute Gasteiger partial charge is 0.497 e. The van der Waals surface area contributed by atoms with E-state index in [1.807, 2.05) is 25.3 Å². The van der Waals surface area contributed by atoms with E-state index in [1.165, 1.54) is 30.6 Å². The summed E-state index contributed by atoms with van der Waals surface area (Å²) in [6, 6.07) is 10.1. The van der Waals surface area contributed by atoms with Crippen molar-refractivity contribution in [1.29, 1.82) is 0 Å². The van der Waals surface area contributed by atoms with Crippen LogP contribution >= 0.6 is 11.3 Å². The number of thiazole rings is 1. The van der Waals surface area contributed by atoms with Gasteiger partial charge in [-0.3, -0.25) is 4.79 Å². The number of aryl methyl sites for hydroxylation is 3. The summed E-state index contributed by atoms with van der Waals surface area (Å²) in [7, 11) is -2.27. The van der Waals surface area contributed by atoms with Crippen molar-refractivity contribution in [2.75, 3.05) is 12.9 Å². The van der Waals surface area contributed by atoms with Gasteiger partial charge < -0.3 is 9.30 Å². The van der Waals surface area contributed by atoms with Gasteiger partial charge in [0.25, 0.3) is 5.91 Å². The number of carbonyl (C=O) groups is 1. The highest BCUT2D eigenvalue weighted by Gasteiger charge is 2.20. The van der Waals surface area contributed by atoms with Crippen LogP contribution in [-0.2, 0) is 21.2 Å². The maximum atomic E-state index is 12.5. The summed E-state index contributed by atoms with van der Waals surface area (Å²) in [5.74, 6) is -0.802. The Morgan fingerprint density at radius 1 is 1.18 bits per heavy atom. The van der Waals surface area contributed by atoms with E-state index in [-0.39, 0.29) is 4.90 Å². The molecule has 0 aliphatic rings. The van der Waals surface area contributed by atoms with Crippen molar-refractivity contribution in [3.8, 4) is 5.75 Å². The molecule has 3 aromatic rings. The molecule has 6 nitrogen and oxygen atoms in total. The van der Waals surface area contributed by atoms with Gasteiger partial charge in [-0.25, -0.2) is 8.42 Å². The standard InChI is InChI=1S/C20H22N2O4S2/c1-5-22-17-11-13(2)10-14(3)19(17)27-20(22)21-18(23)12-28(24,25)16-8-6-15(26-4)7-9-16/h6-11H,5,12H2,1-4H3. The van der Waals surface area contributed by atoms with Gasteiger partial charge in [-0.1, -0.05) is 17.4 Å². The molecule has 0 unspecified atom stereocenters. The number of amides is 1. The van der Waals surface area contributed by atoms with Gasteiger partial charge in [0.15, 0.2) is 14.6 Å². The highest BCUT2D eigenvalue weighted by atomic mass is 32.2. The first kappa shape index (κ1) is 20.3. The predicted molar refractivity (Wildman–Crippen MR) is 111 cm³/mol. The number of ether oxygens (including phenoxy) is 1. The highest BCUT2D eigenvalue weighted by molar-refractivity contribution is 7.92. The second-order valence-corrected chi connectivity index (χ2v) is 9.47. The van der Waals surface area contributed by atoms with Crippen LogP contribution in [0.4, 0.5) is 0 Å². The summed E-state index contributed by atoms with van der Waals surface area (Å²) in [4.78, 5) is 17.2. The minimum absolute atomic E-state index is 0.0722. The van der Waals surface area contributed by atoms with Crippen LogP contribution in [0, 0.1) is 13.8 Å². The molecule has 2 aromatic carbocycles. The molecule has 1 amide bonds. The molecule has 28 heavy (non-hydrogen) atoms. The number of hydrogen-bond donors (Lipinski definition) is 0. The van der Waals surface area contributed by atoms with E-state index in [9.17, 15) is 13.2 Å². The number of aromatic nitrogens is 1. The second kappa shape index (κ2) is 7.89. The minimum Gasteiger partial charge on any atom is -0.497 e. The first-order valence-corrected chi connectivity index (χ1v) is 11.3. The predicted octanol–water partition coefficient (Wildman–Crippen LogP) is 3.25. The molecule has 148 valence electrons. The van der Waals surface area contributed by atoms with Crippen LogP contribution < -0.4 is 9.54 Å². The van der Waals surface area contributed by atoms with Gasteiger partial charge in [0.1, 0.15) is 11.5 Å². The van der Waals surface area contributed by atoms with Crippen molar-refractivity contribution >= 4 is 37.3 Å². The number of rotatable bonds is 5. The molecule has 0 bridgehead atoms. The molecule has 3 rings (SSSR count). The first-order chi connectivity index (χ1) is 13.2. The van der Waals surface area contributed by atoms with Crippen molar-refractivity contribution in [1.82, 2.24) is 4.57 Å². The molecule has 0 radical (unpaired) electrons. The minimum atomic E-state index is -3.77. The Hall–Kier alpha value is -2.45. The molecule has 0 fully saturated rings. The Bertz CT molecular complexity index is 1200. The lowest BCUT2D eigenvalue weighted by Crippen LogP contribution is -2.20. The Balaban J connectivity index is 1.97. The van der Waals surface area contributed by atoms with Crippen LogP contribution in [0.15, 0.2) is 46.3 Å². The monoisotopic (exact) mass is 418 g/mol. The van der Waals surface area contributed by atoms with E-state index in [4.69, 9.17) is 4.74 Å². The van der Waals surface area contributed by atoms with Crippen LogP contribution in [0.3, 0.4) is 0 Å². The third kappa shape index (κ3) is 4.02. The molecule has 0 saturated carbocycles. The third-order valence-electron chi connectivity index (χ3n) is 4.38. The molecular weight excluding hydrogens is 396 g/mol. The quantitative estimate of drug-likeness (QED) is 0.637. The van der Waals surface area contributed by atoms with E-state index in [0.717, 1.165) is 21.3 Å². The highest BCUT2D eigenvalue weighted by Crippen LogP contribution is 2.23. The van der Waals surface area contributed by atoms with E-state index >= 15 is 0 Å². The van der Waals surface area contributed by atoms with Gasteiger partial charge in [0, 0.05) is 6.54 Å². The van der Waals surface area contributed by atoms with Crippen molar-refractivity contribution in [2.24, 2.45) is 4.99 Å². The number of hydrogen-bond acceptors (Lipinski definition) is 5. The molecular formula is C20H22N2O4S2. The number of sulfone groups is 1. The van der Waals surface area contributed by atoms with Gasteiger partial charge in [-0.2, -0.15) is 4.99 Å². The van der Waals surface area contributed by atoms with Crippen molar-refractivity contribution < 1.29 is 17.9 Å². The summed E-state index contributed by atoms with van der Waals surface area (Å²) in [6.45, 7) is 6.65. The number of fused-ring (bicyclic) bond motifs is 1. The molecule has 0 N–H and O–H groups in total. The molecule has 0 aliphatic carbocycles. The summed E-state index contributed by atoms with van der Waals surface area (Å²) >= 11 is 1.40. The Labute approximate surface area is 168 Å². The number of carbonyl (C=O) groups excluding carboxylic acids is 1. The smallest absolute Gasteiger partial charge is 0.263 e. The first-order valence-electron chi connectivity index (χ1n) is 8.80. The summed E-state index contributed by atoms with van der Waals surface area (Å²) in [5, 5.41) is 0. The van der Waals surface area contributed by atoms with Crippen LogP contribution in [0.5, 0.6) is 5.75 Å². The molecule has 1 heterocycles. The third-order valence-corrected chi connectivity index (χ3v) is 7.23. The van der Waals surface area contributed by atoms with Crippen molar-refractivity contribution in [3.05, 3.63) is 52.3 Å². The van der Waals surface area contributed by atoms with Crippen LogP contribution in [0.1, 0.15) is 18.1 Å². The zero-order valence-corrected chi connectivity index (χ0v) is 17.9. The topological polar surface area (TPSA) is 77.7 Å². The Morgan fingerprint density at radius 2 is 1.86 bits per heavy atom. The fourth-order valence-corrected chi connectivity index (χ4v) is 5.34. The van der Waals surface area contributed by atoms with E-state index in [2.05, 4.69) is 17.1 Å². The second-order valence-electron chi connectivity index (χ2n) is 6.50. The van der Waals surface area contributed by atoms with E-state index in [0.29, 0.717) is 17.1 Å². The molecule has 0 spiro atoms. The molecule has 0 atom stereocenters. The Morgan fingerprint density at radius 3 is 2.46 bits per heavy atom. The zero-order chi connectivity index (χ0) is 20.5. The maximum absolute atomic E-state index is 12.5. The van der Waals surface area contributed by atoms with Crippen LogP contribution in [-0.4, -0.2) is 31.8 Å². The fourth-order valence-electron chi connectivity index (χ4n) is 3.07. The van der Waals surface area contributed by atoms with Crippen LogP contribution in [0.2, 0.25) is 0 Å². The molecule has 0 saturated heterocycles. The zero-order valence-electron chi connectivity index (χ0n) is 16.2. The lowest BCUT2D eigenvalue weighted by molar-refractivity contribution is -0.115. The van der Waals surface area contributed by atoms with Gasteiger partial charge >= 0.3 is 0 Å². The number of nitrogens with zero attached hydrogens (tertiary/aromatic N) is 2. The lowest BCUT2D eigenvalue weighted by atomic mass is 10.1. The summed E-state index contributed by atoms with van der Waals surface area (Å²) < 4.78 is 33.1. The van der Waals surface area contributed by atoms with Gasteiger partial charge in [-0.15, -0.1) is 0 Å². The average molecular weight is 419 g/mol. The summed E-state index contributed by atoms with van der Waals surface area (Å²) in [5.41, 5.74) is 3.25. The van der Waals surface area contributed by atoms with Crippen molar-refractivity contribution in [2.45, 2.75) is 32.2 Å². The molecule has 1 aromatic heterocycles. The maximum Gasteiger partial charge on any atom is 0.263 e. The average Bonchev–Trinajstić information content (AvgIpc) is 2.98. The molecule has 8 heteroatoms. The number of benzene rings is 2. The normalized spacial score (nSPS) is 12.5. The SMILES string of the molecule is CCn1c(=NC(=O)CS(=O)(=O)c2ccc(OC)cc2)sc2c(C)cc(C)cc21. The lowest BCUT2D eigenvalue weighted by Gasteiger charge is -2.04. The van der Waals surface area contributed by atoms with Crippen LogP contribution in [0.25, 0.3) is 10.2 Å². The van der Waals surface area contributed by atoms with E-state index < -0.39 is 21.5 Å². The van der Waals surface area contributed by atoms with Gasteiger partial charge in [0.05, 0.1) is 22.2 Å². The van der Waals surface area contributed by atoms with Gasteiger partial charge in [-0.05, 0) is 62.2 Å². The Kier molecular flexibility index (Phi) is 5.71. The number of methoxy groups -OCH3 is 1. The summed E-state index contributed by atoms with van der Waals surface area (Å²) in [6.07, 6.45) is 0. The van der Waals surface area contributed by atoms with E-state index in [1.54, 1.807) is 12.1 Å². The molecule has 0 aliphatic heterocycles. The van der Waals surface area contributed by atoms with Gasteiger partial charge in [0.2, 0.25) is 0 Å². The fraction of sp³-hybridized carbons (Fsp3) is 0.300. The van der Waals surface area contributed by atoms with Crippen molar-refractivity contribution in [3.63, 3.8) is 0 Å².